The minimum Gasteiger partial charge on any atom is -0.446 e. The van der Waals surface area contributed by atoms with E-state index in [0.717, 1.165) is 12.8 Å². The molecule has 27 heavy (non-hydrogen) atoms. The summed E-state index contributed by atoms with van der Waals surface area (Å²) in [5.74, 6) is -0.631. The van der Waals surface area contributed by atoms with Gasteiger partial charge >= 0.3 is 12.1 Å². The Morgan fingerprint density at radius 2 is 1.93 bits per heavy atom. The number of alkyl halides is 3. The minimum atomic E-state index is -4.76. The van der Waals surface area contributed by atoms with Crippen molar-refractivity contribution in [2.45, 2.75) is 39.0 Å². The zero-order chi connectivity index (χ0) is 19.6. The molecule has 0 N–H and O–H groups in total. The molecule has 5 nitrogen and oxygen atoms in total. The molecule has 0 saturated heterocycles. The summed E-state index contributed by atoms with van der Waals surface area (Å²) in [5.41, 5.74) is 0.907. The predicted molar refractivity (Wildman–Crippen MR) is 91.5 cm³/mol. The highest BCUT2D eigenvalue weighted by molar-refractivity contribution is 5.71. The number of benzene rings is 1. The minimum absolute atomic E-state index is 0.151. The maximum atomic E-state index is 13.6. The molecule has 8 heteroatoms. The first-order valence-corrected chi connectivity index (χ1v) is 8.73. The van der Waals surface area contributed by atoms with Crippen molar-refractivity contribution < 1.29 is 27.4 Å². The Morgan fingerprint density at radius 3 is 2.52 bits per heavy atom. The van der Waals surface area contributed by atoms with Gasteiger partial charge in [0.25, 0.3) is 0 Å². The van der Waals surface area contributed by atoms with Gasteiger partial charge in [-0.25, -0.2) is 9.48 Å². The summed E-state index contributed by atoms with van der Waals surface area (Å²) >= 11 is 0. The van der Waals surface area contributed by atoms with Crippen molar-refractivity contribution in [2.75, 3.05) is 13.2 Å². The fourth-order valence-electron chi connectivity index (χ4n) is 2.90. The maximum absolute atomic E-state index is 13.6. The average molecular weight is 382 g/mol. The summed E-state index contributed by atoms with van der Waals surface area (Å²) in [6, 6.07) is 8.82. The number of esters is 1. The van der Waals surface area contributed by atoms with E-state index < -0.39 is 24.9 Å². The number of aryl methyl sites for hydroxylation is 1. The SMILES string of the molecule is Cc1nn(-c2ccccc2)c(C)c1[C@H](OC(=O)COCC1CC1)C(F)(F)F. The van der Waals surface area contributed by atoms with Crippen molar-refractivity contribution >= 4 is 5.97 Å². The van der Waals surface area contributed by atoms with Gasteiger partial charge in [0.05, 0.1) is 18.0 Å². The molecule has 0 aliphatic heterocycles. The van der Waals surface area contributed by atoms with E-state index in [1.807, 2.05) is 0 Å². The largest absolute Gasteiger partial charge is 0.446 e. The van der Waals surface area contributed by atoms with Gasteiger partial charge in [-0.15, -0.1) is 0 Å². The van der Waals surface area contributed by atoms with Gasteiger partial charge in [-0.3, -0.25) is 0 Å². The highest BCUT2D eigenvalue weighted by Crippen LogP contribution is 2.39. The highest BCUT2D eigenvalue weighted by atomic mass is 19.4. The van der Waals surface area contributed by atoms with Gasteiger partial charge in [0.1, 0.15) is 6.61 Å². The molecule has 0 radical (unpaired) electrons. The topological polar surface area (TPSA) is 53.4 Å². The maximum Gasteiger partial charge on any atom is 0.429 e. The quantitative estimate of drug-likeness (QED) is 0.678. The molecule has 3 rings (SSSR count). The molecular weight excluding hydrogens is 361 g/mol. The second kappa shape index (κ2) is 7.72. The molecule has 1 heterocycles. The number of nitrogens with zero attached hydrogens (tertiary/aromatic N) is 2. The number of rotatable bonds is 7. The van der Waals surface area contributed by atoms with Gasteiger partial charge in [-0.05, 0) is 44.7 Å². The third-order valence-corrected chi connectivity index (χ3v) is 4.43. The molecule has 0 bridgehead atoms. The van der Waals surface area contributed by atoms with Crippen LogP contribution in [0.4, 0.5) is 13.2 Å². The van der Waals surface area contributed by atoms with Gasteiger partial charge < -0.3 is 9.47 Å². The summed E-state index contributed by atoms with van der Waals surface area (Å²) in [6.45, 7) is 2.88. The zero-order valence-electron chi connectivity index (χ0n) is 15.1. The van der Waals surface area contributed by atoms with E-state index in [1.165, 1.54) is 18.5 Å². The first-order valence-electron chi connectivity index (χ1n) is 8.73. The van der Waals surface area contributed by atoms with Crippen molar-refractivity contribution in [3.63, 3.8) is 0 Å². The van der Waals surface area contributed by atoms with Crippen LogP contribution >= 0.6 is 0 Å². The molecule has 1 aromatic carbocycles. The number of para-hydroxylation sites is 1. The summed E-state index contributed by atoms with van der Waals surface area (Å²) in [5, 5.41) is 4.21. The molecule has 1 aliphatic rings. The van der Waals surface area contributed by atoms with E-state index in [-0.39, 0.29) is 17.0 Å². The molecule has 0 amide bonds. The highest BCUT2D eigenvalue weighted by Gasteiger charge is 2.47. The van der Waals surface area contributed by atoms with Crippen LogP contribution in [0.3, 0.4) is 0 Å². The number of aromatic nitrogens is 2. The lowest BCUT2D eigenvalue weighted by atomic mass is 10.1. The van der Waals surface area contributed by atoms with E-state index >= 15 is 0 Å². The summed E-state index contributed by atoms with van der Waals surface area (Å²) < 4.78 is 52.3. The first kappa shape index (κ1) is 19.4. The molecule has 1 saturated carbocycles. The Hall–Kier alpha value is -2.35. The van der Waals surface area contributed by atoms with Gasteiger partial charge in [0, 0.05) is 11.3 Å². The standard InChI is InChI=1S/C19H21F3N2O3/c1-12-17(13(2)24(23-12)15-6-4-3-5-7-15)18(19(20,21)22)27-16(25)11-26-10-14-8-9-14/h3-7,14,18H,8-11H2,1-2H3/t18-/m0/s1. The van der Waals surface area contributed by atoms with Crippen LogP contribution in [-0.4, -0.2) is 35.1 Å². The second-order valence-corrected chi connectivity index (χ2v) is 6.70. The molecule has 1 fully saturated rings. The number of carbonyl (C=O) groups is 1. The fourth-order valence-corrected chi connectivity index (χ4v) is 2.90. The average Bonchev–Trinajstić information content (AvgIpc) is 3.38. The number of hydrogen-bond acceptors (Lipinski definition) is 4. The van der Waals surface area contributed by atoms with Crippen LogP contribution in [0.5, 0.6) is 0 Å². The fraction of sp³-hybridized carbons (Fsp3) is 0.474. The molecular formula is C19H21F3N2O3. The normalized spacial score (nSPS) is 15.6. The van der Waals surface area contributed by atoms with Crippen LogP contribution < -0.4 is 0 Å². The molecule has 1 aromatic heterocycles. The third kappa shape index (κ3) is 4.68. The second-order valence-electron chi connectivity index (χ2n) is 6.70. The van der Waals surface area contributed by atoms with Gasteiger partial charge in [-0.2, -0.15) is 18.3 Å². The van der Waals surface area contributed by atoms with Crippen LogP contribution in [-0.2, 0) is 14.3 Å². The zero-order valence-corrected chi connectivity index (χ0v) is 15.1. The van der Waals surface area contributed by atoms with E-state index in [1.54, 1.807) is 30.3 Å². The Morgan fingerprint density at radius 1 is 1.26 bits per heavy atom. The van der Waals surface area contributed by atoms with Crippen LogP contribution in [0.2, 0.25) is 0 Å². The van der Waals surface area contributed by atoms with Crippen molar-refractivity contribution in [1.82, 2.24) is 9.78 Å². The van der Waals surface area contributed by atoms with Crippen LogP contribution in [0.25, 0.3) is 5.69 Å². The number of carbonyl (C=O) groups excluding carboxylic acids is 1. The smallest absolute Gasteiger partial charge is 0.429 e. The van der Waals surface area contributed by atoms with Crippen LogP contribution in [0.15, 0.2) is 30.3 Å². The summed E-state index contributed by atoms with van der Waals surface area (Å²) in [4.78, 5) is 11.9. The van der Waals surface area contributed by atoms with E-state index in [2.05, 4.69) is 5.10 Å². The van der Waals surface area contributed by atoms with E-state index in [4.69, 9.17) is 9.47 Å². The molecule has 1 aliphatic carbocycles. The molecule has 0 unspecified atom stereocenters. The molecule has 1 atom stereocenters. The van der Waals surface area contributed by atoms with E-state index in [0.29, 0.717) is 18.2 Å². The molecule has 146 valence electrons. The molecule has 0 spiro atoms. The lowest BCUT2D eigenvalue weighted by Gasteiger charge is -2.21. The van der Waals surface area contributed by atoms with Crippen LogP contribution in [0.1, 0.15) is 35.9 Å². The van der Waals surface area contributed by atoms with E-state index in [9.17, 15) is 18.0 Å². The first-order chi connectivity index (χ1) is 12.8. The van der Waals surface area contributed by atoms with Crippen molar-refractivity contribution in [3.8, 4) is 5.69 Å². The lowest BCUT2D eigenvalue weighted by molar-refractivity contribution is -0.226. The predicted octanol–water partition coefficient (Wildman–Crippen LogP) is 4.06. The number of hydrogen-bond donors (Lipinski definition) is 0. The van der Waals surface area contributed by atoms with Crippen molar-refractivity contribution in [1.29, 1.82) is 0 Å². The Balaban J connectivity index is 1.82. The Bertz CT molecular complexity index is 799. The third-order valence-electron chi connectivity index (χ3n) is 4.43. The Kier molecular flexibility index (Phi) is 5.55. The van der Waals surface area contributed by atoms with Gasteiger partial charge in [0.15, 0.2) is 0 Å². The van der Waals surface area contributed by atoms with Crippen molar-refractivity contribution in [2.24, 2.45) is 5.92 Å². The monoisotopic (exact) mass is 382 g/mol. The van der Waals surface area contributed by atoms with Crippen molar-refractivity contribution in [3.05, 3.63) is 47.3 Å². The summed E-state index contributed by atoms with van der Waals surface area (Å²) in [7, 11) is 0. The van der Waals surface area contributed by atoms with Crippen LogP contribution in [0, 0.1) is 19.8 Å². The number of ether oxygens (including phenoxy) is 2. The van der Waals surface area contributed by atoms with Gasteiger partial charge in [0.2, 0.25) is 6.10 Å². The lowest BCUT2D eigenvalue weighted by Crippen LogP contribution is -2.29. The van der Waals surface area contributed by atoms with Gasteiger partial charge in [-0.1, -0.05) is 18.2 Å². The number of halogens is 3. The summed E-state index contributed by atoms with van der Waals surface area (Å²) in [6.07, 6.45) is -5.09. The molecule has 2 aromatic rings. The Labute approximate surface area is 155 Å².